The van der Waals surface area contributed by atoms with Gasteiger partial charge in [0.05, 0.1) is 12.6 Å². The molecule has 0 bridgehead atoms. The molecule has 1 atom stereocenters. The number of nitrogens with one attached hydrogen (secondary N) is 1. The summed E-state index contributed by atoms with van der Waals surface area (Å²) in [6, 6.07) is 14.2. The minimum atomic E-state index is -0.0881. The van der Waals surface area contributed by atoms with Crippen molar-refractivity contribution in [1.29, 1.82) is 0 Å². The van der Waals surface area contributed by atoms with Crippen LogP contribution in [0.25, 0.3) is 6.08 Å². The van der Waals surface area contributed by atoms with Crippen molar-refractivity contribution in [1.82, 2.24) is 5.32 Å². The lowest BCUT2D eigenvalue weighted by molar-refractivity contribution is -0.117. The van der Waals surface area contributed by atoms with Crippen LogP contribution in [0.4, 0.5) is 0 Å². The molecule has 1 heterocycles. The van der Waals surface area contributed by atoms with Crippen LogP contribution in [0, 0.1) is 6.92 Å². The molecule has 2 aromatic rings. The molecule has 2 aromatic carbocycles. The molecular formula is C20H21NO2. The number of carbonyl (C=O) groups is 1. The average molecular weight is 307 g/mol. The minimum Gasteiger partial charge on any atom is -0.493 e. The fourth-order valence-corrected chi connectivity index (χ4v) is 2.67. The van der Waals surface area contributed by atoms with Gasteiger partial charge in [0.25, 0.3) is 0 Å². The van der Waals surface area contributed by atoms with Crippen molar-refractivity contribution >= 4 is 12.0 Å². The van der Waals surface area contributed by atoms with Crippen LogP contribution < -0.4 is 10.1 Å². The molecule has 0 saturated carbocycles. The number of hydrogen-bond acceptors (Lipinski definition) is 2. The molecule has 1 aliphatic rings. The van der Waals surface area contributed by atoms with E-state index in [1.54, 1.807) is 6.08 Å². The SMILES string of the molecule is Cc1ccc(C=CC(=O)NC(C)c2ccc3c(c2)CCO3)cc1. The van der Waals surface area contributed by atoms with Gasteiger partial charge < -0.3 is 10.1 Å². The Hall–Kier alpha value is -2.55. The second-order valence-corrected chi connectivity index (χ2v) is 5.94. The van der Waals surface area contributed by atoms with E-state index < -0.39 is 0 Å². The quantitative estimate of drug-likeness (QED) is 0.872. The zero-order valence-electron chi connectivity index (χ0n) is 13.5. The van der Waals surface area contributed by atoms with E-state index in [1.807, 2.05) is 56.3 Å². The Morgan fingerprint density at radius 1 is 1.22 bits per heavy atom. The van der Waals surface area contributed by atoms with Crippen molar-refractivity contribution in [3.63, 3.8) is 0 Å². The number of aryl methyl sites for hydroxylation is 1. The Morgan fingerprint density at radius 3 is 2.78 bits per heavy atom. The standard InChI is InChI=1S/C20H21NO2/c1-14-3-5-16(6-4-14)7-10-20(22)21-15(2)17-8-9-19-18(13-17)11-12-23-19/h3-10,13,15H,11-12H2,1-2H3,(H,21,22). The van der Waals surface area contributed by atoms with Gasteiger partial charge in [-0.05, 0) is 48.7 Å². The van der Waals surface area contributed by atoms with Gasteiger partial charge in [-0.2, -0.15) is 0 Å². The van der Waals surface area contributed by atoms with Crippen molar-refractivity contribution in [3.8, 4) is 5.75 Å². The topological polar surface area (TPSA) is 38.3 Å². The van der Waals surface area contributed by atoms with E-state index in [4.69, 9.17) is 4.74 Å². The summed E-state index contributed by atoms with van der Waals surface area (Å²) in [6.45, 7) is 4.79. The second-order valence-electron chi connectivity index (χ2n) is 5.94. The second kappa shape index (κ2) is 6.69. The van der Waals surface area contributed by atoms with Crippen LogP contribution in [-0.2, 0) is 11.2 Å². The van der Waals surface area contributed by atoms with E-state index in [0.29, 0.717) is 0 Å². The largest absolute Gasteiger partial charge is 0.493 e. The van der Waals surface area contributed by atoms with Crippen molar-refractivity contribution in [3.05, 3.63) is 70.8 Å². The lowest BCUT2D eigenvalue weighted by Crippen LogP contribution is -2.24. The highest BCUT2D eigenvalue weighted by Crippen LogP contribution is 2.28. The van der Waals surface area contributed by atoms with Crippen molar-refractivity contribution in [2.24, 2.45) is 0 Å². The molecule has 0 aliphatic carbocycles. The van der Waals surface area contributed by atoms with Crippen LogP contribution in [0.5, 0.6) is 5.75 Å². The molecule has 0 spiro atoms. The maximum absolute atomic E-state index is 12.1. The summed E-state index contributed by atoms with van der Waals surface area (Å²) in [7, 11) is 0. The summed E-state index contributed by atoms with van der Waals surface area (Å²) in [5, 5.41) is 3.00. The molecule has 1 aliphatic heterocycles. The lowest BCUT2D eigenvalue weighted by Gasteiger charge is -2.14. The summed E-state index contributed by atoms with van der Waals surface area (Å²) in [6.07, 6.45) is 4.35. The fourth-order valence-electron chi connectivity index (χ4n) is 2.67. The van der Waals surface area contributed by atoms with E-state index in [-0.39, 0.29) is 11.9 Å². The number of fused-ring (bicyclic) bond motifs is 1. The Balaban J connectivity index is 1.62. The van der Waals surface area contributed by atoms with E-state index >= 15 is 0 Å². The molecule has 3 rings (SSSR count). The highest BCUT2D eigenvalue weighted by atomic mass is 16.5. The molecule has 0 aromatic heterocycles. The predicted octanol–water partition coefficient (Wildman–Crippen LogP) is 3.82. The molecule has 0 saturated heterocycles. The van der Waals surface area contributed by atoms with Gasteiger partial charge in [0, 0.05) is 12.5 Å². The van der Waals surface area contributed by atoms with Gasteiger partial charge in [-0.3, -0.25) is 4.79 Å². The molecule has 1 amide bonds. The number of amides is 1. The Labute approximate surface area is 137 Å². The van der Waals surface area contributed by atoms with Crippen LogP contribution in [0.2, 0.25) is 0 Å². The Morgan fingerprint density at radius 2 is 2.00 bits per heavy atom. The summed E-state index contributed by atoms with van der Waals surface area (Å²) < 4.78 is 5.51. The Bertz CT molecular complexity index is 732. The number of rotatable bonds is 4. The third-order valence-electron chi connectivity index (χ3n) is 4.08. The molecule has 3 nitrogen and oxygen atoms in total. The molecule has 118 valence electrons. The first-order valence-electron chi connectivity index (χ1n) is 7.93. The monoisotopic (exact) mass is 307 g/mol. The highest BCUT2D eigenvalue weighted by Gasteiger charge is 2.15. The van der Waals surface area contributed by atoms with E-state index in [0.717, 1.165) is 29.9 Å². The zero-order valence-corrected chi connectivity index (χ0v) is 13.5. The fraction of sp³-hybridized carbons (Fsp3) is 0.250. The first kappa shape index (κ1) is 15.3. The van der Waals surface area contributed by atoms with Crippen molar-refractivity contribution in [2.45, 2.75) is 26.3 Å². The van der Waals surface area contributed by atoms with Crippen LogP contribution in [0.1, 0.15) is 35.2 Å². The number of benzene rings is 2. The van der Waals surface area contributed by atoms with Gasteiger partial charge in [0.1, 0.15) is 5.75 Å². The number of carbonyl (C=O) groups excluding carboxylic acids is 1. The lowest BCUT2D eigenvalue weighted by atomic mass is 10.0. The van der Waals surface area contributed by atoms with Gasteiger partial charge in [0.15, 0.2) is 0 Å². The summed E-state index contributed by atoms with van der Waals surface area (Å²) in [5.41, 5.74) is 4.55. The van der Waals surface area contributed by atoms with Crippen LogP contribution in [0.15, 0.2) is 48.5 Å². The first-order chi connectivity index (χ1) is 11.1. The number of hydrogen-bond donors (Lipinski definition) is 1. The Kier molecular flexibility index (Phi) is 4.47. The summed E-state index contributed by atoms with van der Waals surface area (Å²) in [4.78, 5) is 12.1. The molecule has 23 heavy (non-hydrogen) atoms. The normalized spacial score (nSPS) is 14.3. The molecule has 1 unspecified atom stereocenters. The van der Waals surface area contributed by atoms with Gasteiger partial charge in [-0.25, -0.2) is 0 Å². The van der Waals surface area contributed by atoms with E-state index in [9.17, 15) is 4.79 Å². The molecule has 0 radical (unpaired) electrons. The highest BCUT2D eigenvalue weighted by molar-refractivity contribution is 5.91. The number of ether oxygens (including phenoxy) is 1. The molecular weight excluding hydrogens is 286 g/mol. The van der Waals surface area contributed by atoms with Crippen molar-refractivity contribution in [2.75, 3.05) is 6.61 Å². The predicted molar refractivity (Wildman–Crippen MR) is 92.4 cm³/mol. The van der Waals surface area contributed by atoms with Gasteiger partial charge >= 0.3 is 0 Å². The van der Waals surface area contributed by atoms with Crippen molar-refractivity contribution < 1.29 is 9.53 Å². The van der Waals surface area contributed by atoms with Gasteiger partial charge in [-0.15, -0.1) is 0 Å². The molecule has 3 heteroatoms. The smallest absolute Gasteiger partial charge is 0.244 e. The third-order valence-corrected chi connectivity index (χ3v) is 4.08. The van der Waals surface area contributed by atoms with Gasteiger partial charge in [-0.1, -0.05) is 35.9 Å². The summed E-state index contributed by atoms with van der Waals surface area (Å²) >= 11 is 0. The molecule has 0 fully saturated rings. The average Bonchev–Trinajstić information content (AvgIpc) is 3.02. The third kappa shape index (κ3) is 3.81. The maximum atomic E-state index is 12.1. The van der Waals surface area contributed by atoms with E-state index in [1.165, 1.54) is 11.1 Å². The first-order valence-corrected chi connectivity index (χ1v) is 7.93. The molecule has 1 N–H and O–H groups in total. The zero-order chi connectivity index (χ0) is 16.2. The van der Waals surface area contributed by atoms with Gasteiger partial charge in [0.2, 0.25) is 5.91 Å². The van der Waals surface area contributed by atoms with Crippen LogP contribution >= 0.6 is 0 Å². The minimum absolute atomic E-state index is 0.0314. The van der Waals surface area contributed by atoms with E-state index in [2.05, 4.69) is 11.4 Å². The van der Waals surface area contributed by atoms with Crippen LogP contribution in [0.3, 0.4) is 0 Å². The summed E-state index contributed by atoms with van der Waals surface area (Å²) in [5.74, 6) is 0.876. The maximum Gasteiger partial charge on any atom is 0.244 e. The van der Waals surface area contributed by atoms with Crippen LogP contribution in [-0.4, -0.2) is 12.5 Å².